The predicted molar refractivity (Wildman–Crippen MR) is 55.2 cm³/mol. The molecule has 0 aromatic heterocycles. The molecule has 1 fully saturated rings. The zero-order valence-electron chi connectivity index (χ0n) is 9.08. The maximum Gasteiger partial charge on any atom is 0.317 e. The van der Waals surface area contributed by atoms with E-state index in [9.17, 15) is 4.79 Å². The highest BCUT2D eigenvalue weighted by Crippen LogP contribution is 2.15. The van der Waals surface area contributed by atoms with Crippen LogP contribution in [-0.4, -0.2) is 44.3 Å². The van der Waals surface area contributed by atoms with Gasteiger partial charge in [0.05, 0.1) is 0 Å². The van der Waals surface area contributed by atoms with Crippen LogP contribution in [0.2, 0.25) is 0 Å². The first-order valence-electron chi connectivity index (χ1n) is 5.30. The molecule has 4 nitrogen and oxygen atoms in total. The molecular formula is C10H20N2O2. The Kier molecular flexibility index (Phi) is 4.73. The van der Waals surface area contributed by atoms with Crippen molar-refractivity contribution in [1.82, 2.24) is 10.2 Å². The lowest BCUT2D eigenvalue weighted by Crippen LogP contribution is -2.40. The molecule has 1 saturated heterocycles. The topological polar surface area (TPSA) is 41.6 Å². The summed E-state index contributed by atoms with van der Waals surface area (Å²) in [5, 5.41) is 2.79. The molecule has 1 rings (SSSR count). The third-order valence-corrected chi connectivity index (χ3v) is 2.55. The third-order valence-electron chi connectivity index (χ3n) is 2.55. The SMILES string of the molecule is CCNC(=O)N(C)CC1CCOCC1. The summed E-state index contributed by atoms with van der Waals surface area (Å²) in [6, 6.07) is 0.0268. The molecule has 2 amide bonds. The normalized spacial score (nSPS) is 17.9. The van der Waals surface area contributed by atoms with Gasteiger partial charge in [0.1, 0.15) is 0 Å². The van der Waals surface area contributed by atoms with E-state index in [1.807, 2.05) is 14.0 Å². The average Bonchev–Trinajstić information content (AvgIpc) is 2.19. The quantitative estimate of drug-likeness (QED) is 0.740. The smallest absolute Gasteiger partial charge is 0.317 e. The molecule has 0 unspecified atom stereocenters. The van der Waals surface area contributed by atoms with Crippen molar-refractivity contribution in [2.75, 3.05) is 33.4 Å². The molecule has 4 heteroatoms. The molecule has 0 bridgehead atoms. The van der Waals surface area contributed by atoms with Crippen LogP contribution in [0.15, 0.2) is 0 Å². The minimum absolute atomic E-state index is 0.0268. The summed E-state index contributed by atoms with van der Waals surface area (Å²) in [4.78, 5) is 13.2. The van der Waals surface area contributed by atoms with Crippen molar-refractivity contribution in [3.05, 3.63) is 0 Å². The minimum Gasteiger partial charge on any atom is -0.381 e. The second-order valence-corrected chi connectivity index (χ2v) is 3.77. The van der Waals surface area contributed by atoms with Gasteiger partial charge in [-0.15, -0.1) is 0 Å². The number of carbonyl (C=O) groups excluding carboxylic acids is 1. The molecule has 1 aliphatic rings. The van der Waals surface area contributed by atoms with E-state index in [0.717, 1.165) is 32.6 Å². The molecule has 0 spiro atoms. The first-order chi connectivity index (χ1) is 6.74. The number of carbonyl (C=O) groups is 1. The highest BCUT2D eigenvalue weighted by molar-refractivity contribution is 5.73. The highest BCUT2D eigenvalue weighted by atomic mass is 16.5. The molecule has 14 heavy (non-hydrogen) atoms. The summed E-state index contributed by atoms with van der Waals surface area (Å²) >= 11 is 0. The zero-order chi connectivity index (χ0) is 10.4. The summed E-state index contributed by atoms with van der Waals surface area (Å²) in [7, 11) is 1.85. The zero-order valence-corrected chi connectivity index (χ0v) is 9.08. The third kappa shape index (κ3) is 3.54. The molecule has 0 radical (unpaired) electrons. The molecule has 1 heterocycles. The van der Waals surface area contributed by atoms with E-state index in [0.29, 0.717) is 12.5 Å². The molecule has 1 N–H and O–H groups in total. The first-order valence-corrected chi connectivity index (χ1v) is 5.30. The fraction of sp³-hybridized carbons (Fsp3) is 0.900. The summed E-state index contributed by atoms with van der Waals surface area (Å²) in [6.07, 6.45) is 2.15. The van der Waals surface area contributed by atoms with Gasteiger partial charge >= 0.3 is 6.03 Å². The second kappa shape index (κ2) is 5.86. The van der Waals surface area contributed by atoms with Gasteiger partial charge in [0.15, 0.2) is 0 Å². The fourth-order valence-corrected chi connectivity index (χ4v) is 1.69. The van der Waals surface area contributed by atoms with Gasteiger partial charge in [-0.3, -0.25) is 0 Å². The molecule has 82 valence electrons. The Morgan fingerprint density at radius 2 is 2.14 bits per heavy atom. The van der Waals surface area contributed by atoms with Crippen LogP contribution in [-0.2, 0) is 4.74 Å². The van der Waals surface area contributed by atoms with Gasteiger partial charge in [0, 0.05) is 33.4 Å². The van der Waals surface area contributed by atoms with Gasteiger partial charge in [-0.25, -0.2) is 4.79 Å². The van der Waals surface area contributed by atoms with Crippen LogP contribution in [0.25, 0.3) is 0 Å². The summed E-state index contributed by atoms with van der Waals surface area (Å²) in [5.74, 6) is 0.608. The van der Waals surface area contributed by atoms with Crippen LogP contribution >= 0.6 is 0 Å². The number of nitrogens with zero attached hydrogens (tertiary/aromatic N) is 1. The van der Waals surface area contributed by atoms with Gasteiger partial charge in [-0.05, 0) is 25.7 Å². The Morgan fingerprint density at radius 1 is 1.50 bits per heavy atom. The van der Waals surface area contributed by atoms with E-state index < -0.39 is 0 Å². The van der Waals surface area contributed by atoms with Crippen molar-refractivity contribution in [2.45, 2.75) is 19.8 Å². The maximum atomic E-state index is 11.4. The van der Waals surface area contributed by atoms with Crippen LogP contribution in [0.5, 0.6) is 0 Å². The lowest BCUT2D eigenvalue weighted by atomic mass is 10.0. The van der Waals surface area contributed by atoms with Crippen molar-refractivity contribution < 1.29 is 9.53 Å². The fourth-order valence-electron chi connectivity index (χ4n) is 1.69. The Morgan fingerprint density at radius 3 is 2.71 bits per heavy atom. The molecule has 0 saturated carbocycles. The number of hydrogen-bond acceptors (Lipinski definition) is 2. The molecular weight excluding hydrogens is 180 g/mol. The molecule has 1 aliphatic heterocycles. The number of amides is 2. The van der Waals surface area contributed by atoms with Gasteiger partial charge < -0.3 is 15.0 Å². The van der Waals surface area contributed by atoms with E-state index >= 15 is 0 Å². The van der Waals surface area contributed by atoms with E-state index in [2.05, 4.69) is 5.32 Å². The number of nitrogens with one attached hydrogen (secondary N) is 1. The Hall–Kier alpha value is -0.770. The highest BCUT2D eigenvalue weighted by Gasteiger charge is 2.17. The van der Waals surface area contributed by atoms with Gasteiger partial charge in [0.2, 0.25) is 0 Å². The monoisotopic (exact) mass is 200 g/mol. The van der Waals surface area contributed by atoms with E-state index in [-0.39, 0.29) is 6.03 Å². The number of rotatable bonds is 3. The molecule has 0 aromatic rings. The van der Waals surface area contributed by atoms with Crippen molar-refractivity contribution in [2.24, 2.45) is 5.92 Å². The van der Waals surface area contributed by atoms with Crippen LogP contribution in [0.3, 0.4) is 0 Å². The van der Waals surface area contributed by atoms with Crippen LogP contribution < -0.4 is 5.32 Å². The van der Waals surface area contributed by atoms with Gasteiger partial charge in [-0.2, -0.15) is 0 Å². The second-order valence-electron chi connectivity index (χ2n) is 3.77. The summed E-state index contributed by atoms with van der Waals surface area (Å²) in [5.41, 5.74) is 0. The van der Waals surface area contributed by atoms with E-state index in [4.69, 9.17) is 4.74 Å². The van der Waals surface area contributed by atoms with Crippen molar-refractivity contribution >= 4 is 6.03 Å². The molecule has 0 aliphatic carbocycles. The van der Waals surface area contributed by atoms with Crippen LogP contribution in [0.1, 0.15) is 19.8 Å². The maximum absolute atomic E-state index is 11.4. The number of ether oxygens (including phenoxy) is 1. The first kappa shape index (κ1) is 11.3. The Balaban J connectivity index is 2.24. The Bertz CT molecular complexity index is 179. The van der Waals surface area contributed by atoms with Crippen molar-refractivity contribution in [1.29, 1.82) is 0 Å². The predicted octanol–water partition coefficient (Wildman–Crippen LogP) is 1.07. The molecule has 0 atom stereocenters. The Labute approximate surface area is 85.6 Å². The lowest BCUT2D eigenvalue weighted by Gasteiger charge is -2.27. The van der Waals surface area contributed by atoms with Crippen molar-refractivity contribution in [3.63, 3.8) is 0 Å². The van der Waals surface area contributed by atoms with Crippen LogP contribution in [0, 0.1) is 5.92 Å². The van der Waals surface area contributed by atoms with Crippen molar-refractivity contribution in [3.8, 4) is 0 Å². The standard InChI is InChI=1S/C10H20N2O2/c1-3-11-10(13)12(2)8-9-4-6-14-7-5-9/h9H,3-8H2,1-2H3,(H,11,13). The van der Waals surface area contributed by atoms with Gasteiger partial charge in [-0.1, -0.05) is 0 Å². The van der Waals surface area contributed by atoms with Gasteiger partial charge in [0.25, 0.3) is 0 Å². The van der Waals surface area contributed by atoms with E-state index in [1.165, 1.54) is 0 Å². The minimum atomic E-state index is 0.0268. The molecule has 0 aromatic carbocycles. The number of hydrogen-bond donors (Lipinski definition) is 1. The largest absolute Gasteiger partial charge is 0.381 e. The van der Waals surface area contributed by atoms with E-state index in [1.54, 1.807) is 4.90 Å². The summed E-state index contributed by atoms with van der Waals surface area (Å²) < 4.78 is 5.27. The van der Waals surface area contributed by atoms with Crippen LogP contribution in [0.4, 0.5) is 4.79 Å². The lowest BCUT2D eigenvalue weighted by molar-refractivity contribution is 0.0586. The summed E-state index contributed by atoms with van der Waals surface area (Å²) in [6.45, 7) is 5.15. The number of urea groups is 1. The average molecular weight is 200 g/mol.